The van der Waals surface area contributed by atoms with E-state index in [-0.39, 0.29) is 30.7 Å². The van der Waals surface area contributed by atoms with Gasteiger partial charge < -0.3 is 5.32 Å². The van der Waals surface area contributed by atoms with E-state index in [1.807, 2.05) is 41.7 Å². The van der Waals surface area contributed by atoms with E-state index >= 15 is 0 Å². The number of amides is 3. The quantitative estimate of drug-likeness (QED) is 0.640. The van der Waals surface area contributed by atoms with Crippen molar-refractivity contribution in [2.75, 3.05) is 23.4 Å². The van der Waals surface area contributed by atoms with Crippen LogP contribution in [0.25, 0.3) is 0 Å². The van der Waals surface area contributed by atoms with Crippen LogP contribution in [0, 0.1) is 0 Å². The Balaban J connectivity index is 1.37. The first-order chi connectivity index (χ1) is 13.5. The van der Waals surface area contributed by atoms with Gasteiger partial charge in [0.15, 0.2) is 0 Å². The minimum Gasteiger partial charge on any atom is -0.326 e. The van der Waals surface area contributed by atoms with Gasteiger partial charge in [-0.15, -0.1) is 23.5 Å². The molecule has 5 nitrogen and oxygen atoms in total. The smallest absolute Gasteiger partial charge is 0.261 e. The van der Waals surface area contributed by atoms with Crippen molar-refractivity contribution in [2.24, 2.45) is 0 Å². The largest absolute Gasteiger partial charge is 0.326 e. The second-order valence-corrected chi connectivity index (χ2v) is 10.1. The Morgan fingerprint density at radius 3 is 2.61 bits per heavy atom. The van der Waals surface area contributed by atoms with E-state index < -0.39 is 0 Å². The number of nitrogens with zero attached hydrogens (tertiary/aromatic N) is 1. The zero-order chi connectivity index (χ0) is 19.7. The first-order valence-electron chi connectivity index (χ1n) is 8.82. The predicted molar refractivity (Wildman–Crippen MR) is 117 cm³/mol. The highest BCUT2D eigenvalue weighted by Crippen LogP contribution is 2.45. The number of hydrogen-bond donors (Lipinski definition) is 1. The number of carbonyl (C=O) groups excluding carboxylic acids is 3. The first-order valence-corrected chi connectivity index (χ1v) is 11.7. The Hall–Kier alpha value is -1.77. The van der Waals surface area contributed by atoms with E-state index in [4.69, 9.17) is 0 Å². The van der Waals surface area contributed by atoms with Crippen LogP contribution in [0.3, 0.4) is 0 Å². The van der Waals surface area contributed by atoms with E-state index in [2.05, 4.69) is 27.3 Å². The maximum atomic E-state index is 12.5. The molecule has 2 aliphatic rings. The number of halogens is 1. The van der Waals surface area contributed by atoms with E-state index in [9.17, 15) is 14.4 Å². The summed E-state index contributed by atoms with van der Waals surface area (Å²) < 4.78 is 1.15. The van der Waals surface area contributed by atoms with Crippen LogP contribution < -0.4 is 5.32 Å². The van der Waals surface area contributed by atoms with Crippen LogP contribution in [0.1, 0.15) is 37.3 Å². The first kappa shape index (κ1) is 19.5. The molecular weight excluding hydrogens is 460 g/mol. The van der Waals surface area contributed by atoms with Crippen LogP contribution in [0.2, 0.25) is 0 Å². The van der Waals surface area contributed by atoms with Crippen molar-refractivity contribution in [3.8, 4) is 0 Å². The summed E-state index contributed by atoms with van der Waals surface area (Å²) in [6.07, 6.45) is 0.0593. The molecule has 1 saturated heterocycles. The van der Waals surface area contributed by atoms with Crippen LogP contribution >= 0.6 is 39.5 Å². The van der Waals surface area contributed by atoms with Crippen molar-refractivity contribution >= 4 is 62.9 Å². The number of nitrogens with one attached hydrogen (secondary N) is 1. The zero-order valence-corrected chi connectivity index (χ0v) is 18.0. The van der Waals surface area contributed by atoms with Crippen molar-refractivity contribution in [3.63, 3.8) is 0 Å². The van der Waals surface area contributed by atoms with Gasteiger partial charge in [0.05, 0.1) is 15.7 Å². The Morgan fingerprint density at radius 1 is 1.07 bits per heavy atom. The highest BCUT2D eigenvalue weighted by atomic mass is 79.9. The summed E-state index contributed by atoms with van der Waals surface area (Å²) in [6.45, 7) is 0.0593. The highest BCUT2D eigenvalue weighted by Gasteiger charge is 2.35. The van der Waals surface area contributed by atoms with Crippen molar-refractivity contribution in [3.05, 3.63) is 63.6 Å². The Bertz CT molecular complexity index is 960. The fourth-order valence-corrected chi connectivity index (χ4v) is 6.42. The van der Waals surface area contributed by atoms with Crippen LogP contribution in [-0.2, 0) is 4.79 Å². The average molecular weight is 477 g/mol. The second kappa shape index (κ2) is 8.31. The molecule has 2 aromatic rings. The van der Waals surface area contributed by atoms with Gasteiger partial charge in [-0.05, 0) is 35.9 Å². The molecule has 2 heterocycles. The lowest BCUT2D eigenvalue weighted by atomic mass is 10.1. The monoisotopic (exact) mass is 476 g/mol. The lowest BCUT2D eigenvalue weighted by Crippen LogP contribution is -2.32. The Labute approximate surface area is 179 Å². The zero-order valence-electron chi connectivity index (χ0n) is 14.8. The van der Waals surface area contributed by atoms with Gasteiger partial charge in [0, 0.05) is 34.6 Å². The fourth-order valence-electron chi connectivity index (χ4n) is 3.22. The number of imide groups is 1. The van der Waals surface area contributed by atoms with E-state index in [1.54, 1.807) is 18.2 Å². The van der Waals surface area contributed by atoms with Gasteiger partial charge in [0.1, 0.15) is 0 Å². The molecule has 0 saturated carbocycles. The molecule has 144 valence electrons. The summed E-state index contributed by atoms with van der Waals surface area (Å²) in [5.74, 6) is 1.36. The van der Waals surface area contributed by atoms with Gasteiger partial charge in [-0.1, -0.05) is 28.1 Å². The third kappa shape index (κ3) is 3.99. The van der Waals surface area contributed by atoms with Crippen molar-refractivity contribution < 1.29 is 14.4 Å². The van der Waals surface area contributed by atoms with Gasteiger partial charge in [-0.3, -0.25) is 19.3 Å². The van der Waals surface area contributed by atoms with Gasteiger partial charge in [0.2, 0.25) is 5.91 Å². The molecule has 2 aromatic carbocycles. The van der Waals surface area contributed by atoms with Crippen molar-refractivity contribution in [2.45, 2.75) is 11.0 Å². The predicted octanol–water partition coefficient (Wildman–Crippen LogP) is 4.55. The SMILES string of the molecule is O=C(CCN1C(=O)c2ccc(Br)cc2C1=O)Nc1cccc(C2SCCS2)c1. The maximum Gasteiger partial charge on any atom is 0.261 e. The molecule has 4 rings (SSSR count). The van der Waals surface area contributed by atoms with Gasteiger partial charge in [-0.2, -0.15) is 0 Å². The summed E-state index contributed by atoms with van der Waals surface area (Å²) in [5.41, 5.74) is 2.69. The summed E-state index contributed by atoms with van der Waals surface area (Å²) in [5, 5.41) is 2.88. The molecule has 28 heavy (non-hydrogen) atoms. The third-order valence-corrected chi connectivity index (χ3v) is 8.16. The number of carbonyl (C=O) groups is 3. The molecule has 3 amide bonds. The van der Waals surface area contributed by atoms with Crippen molar-refractivity contribution in [1.29, 1.82) is 0 Å². The number of anilines is 1. The average Bonchev–Trinajstić information content (AvgIpc) is 3.29. The van der Waals surface area contributed by atoms with E-state index in [1.165, 1.54) is 5.56 Å². The highest BCUT2D eigenvalue weighted by molar-refractivity contribution is 9.10. The molecule has 2 aliphatic heterocycles. The molecule has 1 N–H and O–H groups in total. The molecule has 0 bridgehead atoms. The molecule has 0 unspecified atom stereocenters. The van der Waals surface area contributed by atoms with Crippen LogP contribution in [0.15, 0.2) is 46.9 Å². The normalized spacial score (nSPS) is 16.5. The number of fused-ring (bicyclic) bond motifs is 1. The summed E-state index contributed by atoms with van der Waals surface area (Å²) in [6, 6.07) is 12.9. The minimum atomic E-state index is -0.355. The summed E-state index contributed by atoms with van der Waals surface area (Å²) >= 11 is 7.13. The maximum absolute atomic E-state index is 12.5. The molecular formula is C20H17BrN2O3S2. The lowest BCUT2D eigenvalue weighted by molar-refractivity contribution is -0.116. The number of benzene rings is 2. The number of hydrogen-bond acceptors (Lipinski definition) is 5. The van der Waals surface area contributed by atoms with Crippen LogP contribution in [0.5, 0.6) is 0 Å². The van der Waals surface area contributed by atoms with Gasteiger partial charge >= 0.3 is 0 Å². The molecule has 0 radical (unpaired) electrons. The minimum absolute atomic E-state index is 0.0593. The Kier molecular flexibility index (Phi) is 5.80. The second-order valence-electron chi connectivity index (χ2n) is 6.45. The molecule has 0 aromatic heterocycles. The lowest BCUT2D eigenvalue weighted by Gasteiger charge is -2.14. The van der Waals surface area contributed by atoms with Gasteiger partial charge in [0.25, 0.3) is 11.8 Å². The third-order valence-electron chi connectivity index (χ3n) is 4.56. The topological polar surface area (TPSA) is 66.5 Å². The van der Waals surface area contributed by atoms with Gasteiger partial charge in [-0.25, -0.2) is 0 Å². The molecule has 0 aliphatic carbocycles. The number of rotatable bonds is 5. The van der Waals surface area contributed by atoms with E-state index in [0.717, 1.165) is 26.6 Å². The molecule has 0 atom stereocenters. The van der Waals surface area contributed by atoms with Crippen LogP contribution in [-0.4, -0.2) is 40.7 Å². The summed E-state index contributed by atoms with van der Waals surface area (Å²) in [7, 11) is 0. The van der Waals surface area contributed by atoms with Crippen molar-refractivity contribution in [1.82, 2.24) is 4.90 Å². The standard InChI is InChI=1S/C20H17BrN2O3S2/c21-13-4-5-15-16(11-13)19(26)23(18(15)25)7-6-17(24)22-14-3-1-2-12(10-14)20-27-8-9-28-20/h1-5,10-11,20H,6-9H2,(H,22,24). The Morgan fingerprint density at radius 2 is 1.82 bits per heavy atom. The molecule has 0 spiro atoms. The fraction of sp³-hybridized carbons (Fsp3) is 0.250. The molecule has 8 heteroatoms. The van der Waals surface area contributed by atoms with Crippen LogP contribution in [0.4, 0.5) is 5.69 Å². The van der Waals surface area contributed by atoms with E-state index in [0.29, 0.717) is 15.7 Å². The molecule has 1 fully saturated rings. The number of thioether (sulfide) groups is 2. The summed E-state index contributed by atoms with van der Waals surface area (Å²) in [4.78, 5) is 38.4.